The first-order valence-electron chi connectivity index (χ1n) is 8.37. The van der Waals surface area contributed by atoms with Crippen molar-refractivity contribution < 1.29 is 22.5 Å². The molecule has 5 nitrogen and oxygen atoms in total. The Morgan fingerprint density at radius 2 is 1.78 bits per heavy atom. The molecule has 9 heteroatoms. The van der Waals surface area contributed by atoms with Gasteiger partial charge in [0.1, 0.15) is 5.76 Å². The second-order valence-corrected chi connectivity index (χ2v) is 6.41. The zero-order chi connectivity index (χ0) is 18.9. The van der Waals surface area contributed by atoms with Crippen molar-refractivity contribution >= 4 is 18.3 Å². The van der Waals surface area contributed by atoms with Crippen LogP contribution < -0.4 is 0 Å². The molecular formula is C18H21ClF3N3O2. The van der Waals surface area contributed by atoms with Crippen LogP contribution in [0.15, 0.2) is 28.8 Å². The number of halogens is 4. The van der Waals surface area contributed by atoms with Gasteiger partial charge in [-0.3, -0.25) is 9.69 Å². The van der Waals surface area contributed by atoms with Gasteiger partial charge >= 0.3 is 6.18 Å². The number of piperazine rings is 1. The average molecular weight is 404 g/mol. The van der Waals surface area contributed by atoms with E-state index in [0.717, 1.165) is 23.1 Å². The van der Waals surface area contributed by atoms with E-state index >= 15 is 0 Å². The summed E-state index contributed by atoms with van der Waals surface area (Å²) in [6.45, 7) is 6.32. The molecule has 148 valence electrons. The number of rotatable bonds is 3. The van der Waals surface area contributed by atoms with Crippen molar-refractivity contribution in [2.45, 2.75) is 26.6 Å². The lowest BCUT2D eigenvalue weighted by atomic mass is 10.1. The molecule has 1 aromatic carbocycles. The second kappa shape index (κ2) is 8.31. The first-order valence-corrected chi connectivity index (χ1v) is 8.37. The lowest BCUT2D eigenvalue weighted by Crippen LogP contribution is -2.48. The Balaban J connectivity index is 0.00000261. The van der Waals surface area contributed by atoms with Crippen LogP contribution in [0.1, 0.15) is 32.9 Å². The maximum Gasteiger partial charge on any atom is 0.417 e. The Kier molecular flexibility index (Phi) is 6.54. The van der Waals surface area contributed by atoms with Crippen molar-refractivity contribution in [1.82, 2.24) is 15.0 Å². The molecule has 0 saturated carbocycles. The van der Waals surface area contributed by atoms with Gasteiger partial charge in [0.05, 0.1) is 16.8 Å². The summed E-state index contributed by atoms with van der Waals surface area (Å²) >= 11 is 0. The van der Waals surface area contributed by atoms with Gasteiger partial charge in [-0.1, -0.05) is 17.3 Å². The highest BCUT2D eigenvalue weighted by atomic mass is 35.5. The van der Waals surface area contributed by atoms with Gasteiger partial charge in [0, 0.05) is 38.3 Å². The Labute approximate surface area is 161 Å². The molecule has 0 bridgehead atoms. The largest absolute Gasteiger partial charge is 0.417 e. The summed E-state index contributed by atoms with van der Waals surface area (Å²) in [5.74, 6) is 0.190. The van der Waals surface area contributed by atoms with Gasteiger partial charge < -0.3 is 9.42 Å². The Morgan fingerprint density at radius 3 is 2.33 bits per heavy atom. The zero-order valence-corrected chi connectivity index (χ0v) is 15.9. The van der Waals surface area contributed by atoms with Crippen LogP contribution in [-0.2, 0) is 12.7 Å². The number of carbonyl (C=O) groups is 1. The van der Waals surface area contributed by atoms with Gasteiger partial charge in [-0.25, -0.2) is 0 Å². The number of carbonyl (C=O) groups excluding carboxylic acids is 1. The van der Waals surface area contributed by atoms with Crippen LogP contribution in [-0.4, -0.2) is 47.0 Å². The van der Waals surface area contributed by atoms with Crippen LogP contribution in [0.3, 0.4) is 0 Å². The molecule has 2 heterocycles. The summed E-state index contributed by atoms with van der Waals surface area (Å²) in [6, 6.07) is 4.93. The SMILES string of the molecule is Cc1noc(C)c1CN1CCN(C(=O)c2ccccc2C(F)(F)F)CC1.Cl. The van der Waals surface area contributed by atoms with Crippen LogP contribution in [0, 0.1) is 13.8 Å². The zero-order valence-electron chi connectivity index (χ0n) is 15.0. The third-order valence-electron chi connectivity index (χ3n) is 4.69. The Hall–Kier alpha value is -2.06. The molecule has 1 fully saturated rings. The van der Waals surface area contributed by atoms with Crippen molar-refractivity contribution in [3.8, 4) is 0 Å². The smallest absolute Gasteiger partial charge is 0.361 e. The standard InChI is InChI=1S/C18H20F3N3O2.ClH/c1-12-15(13(2)26-22-12)11-23-7-9-24(10-8-23)17(25)14-5-3-4-6-16(14)18(19,20)21;/h3-6H,7-11H2,1-2H3;1H. The fourth-order valence-corrected chi connectivity index (χ4v) is 3.15. The van der Waals surface area contributed by atoms with Crippen LogP contribution in [0.5, 0.6) is 0 Å². The molecule has 1 amide bonds. The third-order valence-corrected chi connectivity index (χ3v) is 4.69. The maximum atomic E-state index is 13.1. The monoisotopic (exact) mass is 403 g/mol. The fourth-order valence-electron chi connectivity index (χ4n) is 3.15. The lowest BCUT2D eigenvalue weighted by Gasteiger charge is -2.35. The summed E-state index contributed by atoms with van der Waals surface area (Å²) in [5.41, 5.74) is 0.676. The first-order chi connectivity index (χ1) is 12.3. The molecule has 2 aromatic rings. The van der Waals surface area contributed by atoms with Gasteiger partial charge in [0.25, 0.3) is 5.91 Å². The number of hydrogen-bond acceptors (Lipinski definition) is 4. The summed E-state index contributed by atoms with van der Waals surface area (Å²) in [4.78, 5) is 16.2. The van der Waals surface area contributed by atoms with E-state index in [0.29, 0.717) is 32.7 Å². The Morgan fingerprint density at radius 1 is 1.15 bits per heavy atom. The van der Waals surface area contributed by atoms with Gasteiger partial charge in [0.15, 0.2) is 0 Å². The van der Waals surface area contributed by atoms with E-state index in [-0.39, 0.29) is 18.0 Å². The van der Waals surface area contributed by atoms with Crippen LogP contribution in [0.4, 0.5) is 13.2 Å². The highest BCUT2D eigenvalue weighted by Gasteiger charge is 2.36. The molecule has 3 rings (SSSR count). The van der Waals surface area contributed by atoms with E-state index in [2.05, 4.69) is 10.1 Å². The Bertz CT molecular complexity index is 780. The van der Waals surface area contributed by atoms with Crippen LogP contribution >= 0.6 is 12.4 Å². The lowest BCUT2D eigenvalue weighted by molar-refractivity contribution is -0.138. The number of alkyl halides is 3. The predicted octanol–water partition coefficient (Wildman–Crippen LogP) is 3.69. The van der Waals surface area contributed by atoms with E-state index in [1.807, 2.05) is 13.8 Å². The topological polar surface area (TPSA) is 49.6 Å². The number of aromatic nitrogens is 1. The number of nitrogens with zero attached hydrogens (tertiary/aromatic N) is 3. The average Bonchev–Trinajstić information content (AvgIpc) is 2.93. The van der Waals surface area contributed by atoms with Gasteiger partial charge in [-0.15, -0.1) is 12.4 Å². The van der Waals surface area contributed by atoms with Crippen LogP contribution in [0.25, 0.3) is 0 Å². The van der Waals surface area contributed by atoms with E-state index in [1.54, 1.807) is 0 Å². The molecule has 1 aliphatic heterocycles. The normalized spacial score (nSPS) is 15.5. The minimum Gasteiger partial charge on any atom is -0.361 e. The van der Waals surface area contributed by atoms with E-state index in [1.165, 1.54) is 23.1 Å². The molecule has 1 aromatic heterocycles. The fraction of sp³-hybridized carbons (Fsp3) is 0.444. The molecule has 0 atom stereocenters. The minimum absolute atomic E-state index is 0. The highest BCUT2D eigenvalue weighted by Crippen LogP contribution is 2.32. The summed E-state index contributed by atoms with van der Waals surface area (Å²) in [6.07, 6.45) is -4.54. The molecule has 0 N–H and O–H groups in total. The van der Waals surface area contributed by atoms with Crippen molar-refractivity contribution in [2.24, 2.45) is 0 Å². The molecule has 1 saturated heterocycles. The molecule has 0 spiro atoms. The predicted molar refractivity (Wildman–Crippen MR) is 95.8 cm³/mol. The quantitative estimate of drug-likeness (QED) is 0.784. The number of benzene rings is 1. The highest BCUT2D eigenvalue weighted by molar-refractivity contribution is 5.96. The van der Waals surface area contributed by atoms with Gasteiger partial charge in [-0.05, 0) is 26.0 Å². The van der Waals surface area contributed by atoms with Crippen molar-refractivity contribution in [3.05, 3.63) is 52.4 Å². The van der Waals surface area contributed by atoms with Crippen molar-refractivity contribution in [3.63, 3.8) is 0 Å². The van der Waals surface area contributed by atoms with E-state index in [9.17, 15) is 18.0 Å². The molecule has 1 aliphatic rings. The summed E-state index contributed by atoms with van der Waals surface area (Å²) < 4.78 is 44.5. The van der Waals surface area contributed by atoms with E-state index in [4.69, 9.17) is 4.52 Å². The number of amides is 1. The summed E-state index contributed by atoms with van der Waals surface area (Å²) in [7, 11) is 0. The number of hydrogen-bond donors (Lipinski definition) is 0. The van der Waals surface area contributed by atoms with Crippen molar-refractivity contribution in [2.75, 3.05) is 26.2 Å². The van der Waals surface area contributed by atoms with Crippen molar-refractivity contribution in [1.29, 1.82) is 0 Å². The number of aryl methyl sites for hydroxylation is 2. The van der Waals surface area contributed by atoms with Crippen LogP contribution in [0.2, 0.25) is 0 Å². The van der Waals surface area contributed by atoms with E-state index < -0.39 is 17.6 Å². The molecule has 0 radical (unpaired) electrons. The van der Waals surface area contributed by atoms with Gasteiger partial charge in [-0.2, -0.15) is 13.2 Å². The molecule has 0 unspecified atom stereocenters. The minimum atomic E-state index is -4.54. The van der Waals surface area contributed by atoms with Gasteiger partial charge in [0.2, 0.25) is 0 Å². The summed E-state index contributed by atoms with van der Waals surface area (Å²) in [5, 5.41) is 3.92. The third kappa shape index (κ3) is 4.62. The molecular weight excluding hydrogens is 383 g/mol. The molecule has 27 heavy (non-hydrogen) atoms. The molecule has 0 aliphatic carbocycles. The second-order valence-electron chi connectivity index (χ2n) is 6.41. The first kappa shape index (κ1) is 21.2. The maximum absolute atomic E-state index is 13.1.